The smallest absolute Gasteiger partial charge is 0.204 e. The summed E-state index contributed by atoms with van der Waals surface area (Å²) in [6.45, 7) is 0.0277. The van der Waals surface area contributed by atoms with Gasteiger partial charge in [-0.2, -0.15) is 0 Å². The third-order valence-electron chi connectivity index (χ3n) is 0.901. The van der Waals surface area contributed by atoms with Gasteiger partial charge in [0.25, 0.3) is 0 Å². The molecule has 0 saturated heterocycles. The van der Waals surface area contributed by atoms with Gasteiger partial charge >= 0.3 is 0 Å². The molecule has 0 fully saturated rings. The highest BCUT2D eigenvalue weighted by Crippen LogP contribution is 2.18. The third kappa shape index (κ3) is 1.62. The van der Waals surface area contributed by atoms with E-state index in [9.17, 15) is 4.79 Å². The zero-order valence-electron chi connectivity index (χ0n) is 5.00. The zero-order chi connectivity index (χ0) is 7.56. The van der Waals surface area contributed by atoms with Crippen LogP contribution in [0, 0.1) is 0 Å². The van der Waals surface area contributed by atoms with Crippen molar-refractivity contribution in [3.05, 3.63) is 15.0 Å². The highest BCUT2D eigenvalue weighted by molar-refractivity contribution is 9.11. The molecule has 0 spiro atoms. The second-order valence-corrected chi connectivity index (χ2v) is 4.01. The topological polar surface area (TPSA) is 56.0 Å². The monoisotopic (exact) mass is 220 g/mol. The van der Waals surface area contributed by atoms with Crippen LogP contribution in [0.4, 0.5) is 0 Å². The fourth-order valence-corrected chi connectivity index (χ4v) is 1.63. The van der Waals surface area contributed by atoms with Crippen LogP contribution in [0.25, 0.3) is 0 Å². The van der Waals surface area contributed by atoms with E-state index in [-0.39, 0.29) is 12.3 Å². The first-order chi connectivity index (χ1) is 4.74. The van der Waals surface area contributed by atoms with E-state index in [0.717, 1.165) is 3.79 Å². The number of carbonyl (C=O) groups excluding carboxylic acids is 1. The van der Waals surface area contributed by atoms with Gasteiger partial charge in [0.05, 0.1) is 16.5 Å². The summed E-state index contributed by atoms with van der Waals surface area (Å²) >= 11 is 4.49. The highest BCUT2D eigenvalue weighted by atomic mass is 79.9. The van der Waals surface area contributed by atoms with Gasteiger partial charge in [0, 0.05) is 0 Å². The summed E-state index contributed by atoms with van der Waals surface area (Å²) in [6, 6.07) is 0. The number of ketones is 1. The van der Waals surface area contributed by atoms with Crippen molar-refractivity contribution < 1.29 is 4.79 Å². The summed E-state index contributed by atoms with van der Waals surface area (Å²) in [5.41, 5.74) is 5.12. The quantitative estimate of drug-likeness (QED) is 0.759. The highest BCUT2D eigenvalue weighted by Gasteiger charge is 2.06. The zero-order valence-corrected chi connectivity index (χ0v) is 7.41. The lowest BCUT2D eigenvalue weighted by Crippen LogP contribution is -2.12. The average Bonchev–Trinajstić information content (AvgIpc) is 2.34. The minimum Gasteiger partial charge on any atom is -0.324 e. The van der Waals surface area contributed by atoms with Gasteiger partial charge in [0.2, 0.25) is 5.78 Å². The second-order valence-electron chi connectivity index (χ2n) is 1.60. The Bertz CT molecular complexity index is 248. The molecule has 0 aliphatic rings. The number of halogens is 1. The summed E-state index contributed by atoms with van der Waals surface area (Å²) in [5, 5.41) is 0.467. The number of nitrogens with zero attached hydrogens (tertiary/aromatic N) is 1. The van der Waals surface area contributed by atoms with Gasteiger partial charge in [-0.05, 0) is 15.9 Å². The lowest BCUT2D eigenvalue weighted by Gasteiger charge is -1.85. The Morgan fingerprint density at radius 2 is 2.60 bits per heavy atom. The molecule has 2 N–H and O–H groups in total. The van der Waals surface area contributed by atoms with Gasteiger partial charge in [-0.3, -0.25) is 4.79 Å². The summed E-state index contributed by atoms with van der Waals surface area (Å²) in [6.07, 6.45) is 1.59. The minimum atomic E-state index is -0.115. The van der Waals surface area contributed by atoms with E-state index < -0.39 is 0 Å². The molecule has 0 amide bonds. The Labute approximate surface area is 70.4 Å². The lowest BCUT2D eigenvalue weighted by molar-refractivity contribution is 0.100. The molecule has 1 aromatic heterocycles. The van der Waals surface area contributed by atoms with Crippen molar-refractivity contribution in [3.63, 3.8) is 0 Å². The molecule has 1 rings (SSSR count). The largest absolute Gasteiger partial charge is 0.324 e. The van der Waals surface area contributed by atoms with Crippen LogP contribution in [0.5, 0.6) is 0 Å². The standard InChI is InChI=1S/C5H5BrN2OS/c6-4-2-8-5(10-4)3(9)1-7/h2H,1,7H2. The number of aromatic nitrogens is 1. The van der Waals surface area contributed by atoms with Crippen LogP contribution in [0.2, 0.25) is 0 Å². The first kappa shape index (κ1) is 7.84. The molecule has 5 heteroatoms. The molecule has 3 nitrogen and oxygen atoms in total. The lowest BCUT2D eigenvalue weighted by atomic mass is 10.4. The van der Waals surface area contributed by atoms with Crippen LogP contribution in [-0.2, 0) is 0 Å². The van der Waals surface area contributed by atoms with Crippen molar-refractivity contribution in [3.8, 4) is 0 Å². The molecule has 54 valence electrons. The van der Waals surface area contributed by atoms with Crippen LogP contribution in [0.1, 0.15) is 9.80 Å². The first-order valence-electron chi connectivity index (χ1n) is 2.58. The summed E-state index contributed by atoms with van der Waals surface area (Å²) in [7, 11) is 0. The molecule has 0 bridgehead atoms. The molecular formula is C5H5BrN2OS. The van der Waals surface area contributed by atoms with Gasteiger partial charge in [0.1, 0.15) is 0 Å². The van der Waals surface area contributed by atoms with Crippen LogP contribution in [-0.4, -0.2) is 17.3 Å². The Morgan fingerprint density at radius 1 is 1.90 bits per heavy atom. The van der Waals surface area contributed by atoms with Crippen molar-refractivity contribution >= 4 is 33.0 Å². The number of thiazole rings is 1. The Hall–Kier alpha value is -0.260. The number of hydrogen-bond donors (Lipinski definition) is 1. The number of rotatable bonds is 2. The van der Waals surface area contributed by atoms with Crippen LogP contribution in [0.3, 0.4) is 0 Å². The first-order valence-corrected chi connectivity index (χ1v) is 4.19. The summed E-state index contributed by atoms with van der Waals surface area (Å²) < 4.78 is 0.851. The van der Waals surface area contributed by atoms with Crippen LogP contribution in [0.15, 0.2) is 9.98 Å². The summed E-state index contributed by atoms with van der Waals surface area (Å²) in [5.74, 6) is -0.115. The number of nitrogens with two attached hydrogens (primary N) is 1. The number of hydrogen-bond acceptors (Lipinski definition) is 4. The van der Waals surface area contributed by atoms with E-state index in [1.54, 1.807) is 6.20 Å². The molecule has 0 atom stereocenters. The predicted molar refractivity (Wildman–Crippen MR) is 43.2 cm³/mol. The molecule has 0 aliphatic heterocycles. The number of Topliss-reactive ketones (excluding diaryl/α,β-unsaturated/α-hetero) is 1. The molecule has 0 aliphatic carbocycles. The molecule has 0 aromatic carbocycles. The minimum absolute atomic E-state index is 0.0277. The SMILES string of the molecule is NCC(=O)c1ncc(Br)s1. The molecule has 1 heterocycles. The van der Waals surface area contributed by atoms with E-state index in [0.29, 0.717) is 5.01 Å². The molecule has 0 unspecified atom stereocenters. The Morgan fingerprint density at radius 3 is 3.00 bits per heavy atom. The van der Waals surface area contributed by atoms with Crippen molar-refractivity contribution in [1.82, 2.24) is 4.98 Å². The Kier molecular flexibility index (Phi) is 2.53. The maximum atomic E-state index is 10.8. The van der Waals surface area contributed by atoms with Crippen LogP contribution < -0.4 is 5.73 Å². The van der Waals surface area contributed by atoms with Crippen molar-refractivity contribution in [1.29, 1.82) is 0 Å². The molecule has 0 saturated carbocycles. The van der Waals surface area contributed by atoms with E-state index >= 15 is 0 Å². The van der Waals surface area contributed by atoms with Crippen molar-refractivity contribution in [2.24, 2.45) is 5.73 Å². The van der Waals surface area contributed by atoms with E-state index in [2.05, 4.69) is 20.9 Å². The van der Waals surface area contributed by atoms with Crippen molar-refractivity contribution in [2.75, 3.05) is 6.54 Å². The fraction of sp³-hybridized carbons (Fsp3) is 0.200. The number of carbonyl (C=O) groups is 1. The fourth-order valence-electron chi connectivity index (χ4n) is 0.471. The molecule has 10 heavy (non-hydrogen) atoms. The van der Waals surface area contributed by atoms with Gasteiger partial charge in [-0.25, -0.2) is 4.98 Å². The second kappa shape index (κ2) is 3.23. The normalized spacial score (nSPS) is 9.80. The maximum Gasteiger partial charge on any atom is 0.204 e. The van der Waals surface area contributed by atoms with Crippen molar-refractivity contribution in [2.45, 2.75) is 0 Å². The molecule has 1 aromatic rings. The van der Waals surface area contributed by atoms with E-state index in [1.165, 1.54) is 11.3 Å². The average molecular weight is 221 g/mol. The van der Waals surface area contributed by atoms with Gasteiger partial charge in [-0.15, -0.1) is 11.3 Å². The van der Waals surface area contributed by atoms with Gasteiger partial charge in [-0.1, -0.05) is 0 Å². The van der Waals surface area contributed by atoms with E-state index in [4.69, 9.17) is 5.73 Å². The predicted octanol–water partition coefficient (Wildman–Crippen LogP) is 1.05. The molecular weight excluding hydrogens is 216 g/mol. The Balaban J connectivity index is 2.85. The van der Waals surface area contributed by atoms with Gasteiger partial charge in [0.15, 0.2) is 5.01 Å². The maximum absolute atomic E-state index is 10.8. The molecule has 0 radical (unpaired) electrons. The van der Waals surface area contributed by atoms with Crippen LogP contribution >= 0.6 is 27.3 Å². The van der Waals surface area contributed by atoms with E-state index in [1.807, 2.05) is 0 Å². The third-order valence-corrected chi connectivity index (χ3v) is 2.42. The summed E-state index contributed by atoms with van der Waals surface area (Å²) in [4.78, 5) is 14.7. The van der Waals surface area contributed by atoms with Gasteiger partial charge < -0.3 is 5.73 Å².